The summed E-state index contributed by atoms with van der Waals surface area (Å²) in [5, 5.41) is 69.3. The van der Waals surface area contributed by atoms with Gasteiger partial charge in [-0.25, -0.2) is 0 Å². The molecule has 0 fully saturated rings. The van der Waals surface area contributed by atoms with Gasteiger partial charge in [-0.3, -0.25) is 4.79 Å². The van der Waals surface area contributed by atoms with E-state index in [1.165, 1.54) is 64.2 Å². The van der Waals surface area contributed by atoms with Crippen molar-refractivity contribution in [3.8, 4) is 0 Å². The minimum Gasteiger partial charge on any atom is -0.481 e. The van der Waals surface area contributed by atoms with Crippen LogP contribution in [0.15, 0.2) is 0 Å². The minimum atomic E-state index is -1.71. The second-order valence-electron chi connectivity index (χ2n) is 10.5. The summed E-state index contributed by atoms with van der Waals surface area (Å²) >= 11 is 0. The summed E-state index contributed by atoms with van der Waals surface area (Å²) in [5.74, 6) is -4.19. The summed E-state index contributed by atoms with van der Waals surface area (Å²) in [6.07, 6.45) is 11.4. The molecule has 0 saturated heterocycles. The first kappa shape index (κ1) is 35.2. The molecule has 0 aromatic heterocycles. The molecule has 0 aliphatic rings. The fourth-order valence-electron chi connectivity index (χ4n) is 5.36. The van der Waals surface area contributed by atoms with Gasteiger partial charge < -0.3 is 35.7 Å². The van der Waals surface area contributed by atoms with E-state index in [-0.39, 0.29) is 6.42 Å². The maximum Gasteiger partial charge on any atom is 0.309 e. The molecule has 0 saturated carbocycles. The van der Waals surface area contributed by atoms with Crippen molar-refractivity contribution in [3.63, 3.8) is 0 Å². The zero-order valence-electron chi connectivity index (χ0n) is 22.8. The van der Waals surface area contributed by atoms with E-state index in [1.807, 2.05) is 0 Å². The van der Waals surface area contributed by atoms with Gasteiger partial charge in [0.2, 0.25) is 0 Å². The van der Waals surface area contributed by atoms with Gasteiger partial charge in [0.15, 0.2) is 0 Å². The fourth-order valence-corrected chi connectivity index (χ4v) is 5.36. The van der Waals surface area contributed by atoms with Gasteiger partial charge in [0, 0.05) is 0 Å². The van der Waals surface area contributed by atoms with Crippen LogP contribution in [-0.4, -0.2) is 79.3 Å². The lowest BCUT2D eigenvalue weighted by Gasteiger charge is -2.38. The number of carboxylic acid groups (broad SMARTS) is 1. The Bertz CT molecular complexity index is 518. The van der Waals surface area contributed by atoms with Crippen LogP contribution in [0.4, 0.5) is 0 Å². The highest BCUT2D eigenvalue weighted by molar-refractivity contribution is 5.71. The maximum absolute atomic E-state index is 12.0. The van der Waals surface area contributed by atoms with Crippen molar-refractivity contribution in [2.24, 2.45) is 17.8 Å². The van der Waals surface area contributed by atoms with Crippen molar-refractivity contribution >= 4 is 5.97 Å². The quantitative estimate of drug-likeness (QED) is 0.0899. The number of aliphatic carboxylic acids is 1. The Morgan fingerprint density at radius 3 is 1.33 bits per heavy atom. The Balaban J connectivity index is 4.64. The number of unbranched alkanes of at least 4 members (excludes halogenated alkanes) is 13. The SMILES string of the molecule is CCCCCCCCCCCCCCCC[C@H]([C@H](O)[C@@H](O)CO)[C@H](CC)[C@H](C(=O)O)[C@H](O)[C@@H](O)CO. The molecule has 0 aromatic carbocycles. The largest absolute Gasteiger partial charge is 0.481 e. The molecule has 7 atom stereocenters. The molecule has 0 rings (SSSR count). The molecule has 0 heterocycles. The molecule has 0 amide bonds. The van der Waals surface area contributed by atoms with Crippen molar-refractivity contribution in [1.82, 2.24) is 0 Å². The van der Waals surface area contributed by atoms with Crippen LogP contribution < -0.4 is 0 Å². The first-order valence-corrected chi connectivity index (χ1v) is 14.4. The lowest BCUT2D eigenvalue weighted by molar-refractivity contribution is -0.159. The summed E-state index contributed by atoms with van der Waals surface area (Å²) in [4.78, 5) is 12.0. The highest BCUT2D eigenvalue weighted by atomic mass is 16.4. The predicted octanol–water partition coefficient (Wildman–Crippen LogP) is 3.63. The van der Waals surface area contributed by atoms with Crippen LogP contribution in [0.3, 0.4) is 0 Å². The van der Waals surface area contributed by atoms with Crippen LogP contribution in [0, 0.1) is 17.8 Å². The zero-order chi connectivity index (χ0) is 27.3. The molecule has 8 nitrogen and oxygen atoms in total. The molecule has 0 spiro atoms. The van der Waals surface area contributed by atoms with Crippen molar-refractivity contribution in [2.75, 3.05) is 13.2 Å². The first-order chi connectivity index (χ1) is 17.3. The highest BCUT2D eigenvalue weighted by Gasteiger charge is 2.43. The lowest BCUT2D eigenvalue weighted by atomic mass is 9.71. The van der Waals surface area contributed by atoms with Gasteiger partial charge in [0.05, 0.1) is 31.3 Å². The second-order valence-corrected chi connectivity index (χ2v) is 10.5. The van der Waals surface area contributed by atoms with E-state index in [0.717, 1.165) is 25.7 Å². The predicted molar refractivity (Wildman–Crippen MR) is 142 cm³/mol. The van der Waals surface area contributed by atoms with E-state index in [2.05, 4.69) is 6.92 Å². The van der Waals surface area contributed by atoms with Crippen molar-refractivity contribution in [2.45, 2.75) is 141 Å². The summed E-state index contributed by atoms with van der Waals surface area (Å²) in [6.45, 7) is 2.52. The van der Waals surface area contributed by atoms with Crippen LogP contribution in [0.2, 0.25) is 0 Å². The van der Waals surface area contributed by atoms with Gasteiger partial charge in [0.25, 0.3) is 0 Å². The summed E-state index contributed by atoms with van der Waals surface area (Å²) in [5.41, 5.74) is 0. The third-order valence-electron chi connectivity index (χ3n) is 7.63. The lowest BCUT2D eigenvalue weighted by Crippen LogP contribution is -2.49. The normalized spacial score (nSPS) is 17.8. The van der Waals surface area contributed by atoms with E-state index < -0.39 is 61.4 Å². The molecule has 216 valence electrons. The van der Waals surface area contributed by atoms with Gasteiger partial charge in [-0.1, -0.05) is 110 Å². The molecule has 0 aliphatic heterocycles. The molecule has 36 heavy (non-hydrogen) atoms. The molecule has 0 aromatic rings. The van der Waals surface area contributed by atoms with Crippen molar-refractivity contribution in [3.05, 3.63) is 0 Å². The van der Waals surface area contributed by atoms with E-state index in [1.54, 1.807) is 6.92 Å². The van der Waals surface area contributed by atoms with Gasteiger partial charge in [0.1, 0.15) is 12.2 Å². The molecule has 0 unspecified atom stereocenters. The van der Waals surface area contributed by atoms with E-state index >= 15 is 0 Å². The molecule has 8 heteroatoms. The average molecular weight is 521 g/mol. The number of hydrogen-bond acceptors (Lipinski definition) is 7. The van der Waals surface area contributed by atoms with Crippen LogP contribution in [-0.2, 0) is 4.79 Å². The minimum absolute atomic E-state index is 0.282. The molecular formula is C28H56O8. The smallest absolute Gasteiger partial charge is 0.309 e. The van der Waals surface area contributed by atoms with E-state index in [9.17, 15) is 40.5 Å². The molecule has 0 aliphatic carbocycles. The molecular weight excluding hydrogens is 464 g/mol. The van der Waals surface area contributed by atoms with Gasteiger partial charge in [-0.05, 0) is 18.3 Å². The van der Waals surface area contributed by atoms with E-state index in [0.29, 0.717) is 6.42 Å². The topological polar surface area (TPSA) is 159 Å². The molecule has 0 radical (unpaired) electrons. The molecule has 7 N–H and O–H groups in total. The Kier molecular flexibility index (Phi) is 21.8. The summed E-state index contributed by atoms with van der Waals surface area (Å²) in [7, 11) is 0. The van der Waals surface area contributed by atoms with Crippen LogP contribution in [0.5, 0.6) is 0 Å². The zero-order valence-corrected chi connectivity index (χ0v) is 22.8. The number of carboxylic acids is 1. The van der Waals surface area contributed by atoms with Crippen LogP contribution >= 0.6 is 0 Å². The fraction of sp³-hybridized carbons (Fsp3) is 0.964. The standard InChI is InChI=1S/C28H56O8/c1-3-5-6-7-8-9-10-11-12-13-14-15-16-17-18-22(26(33)23(31)19-29)21(4-2)25(28(35)36)27(34)24(32)20-30/h21-27,29-34H,3-20H2,1-2H3,(H,35,36)/t21-,22-,23-,24-,25-,26-,27+/m0/s1. The number of carbonyl (C=O) groups is 1. The number of aliphatic hydroxyl groups is 6. The van der Waals surface area contributed by atoms with Gasteiger partial charge >= 0.3 is 5.97 Å². The Morgan fingerprint density at radius 1 is 0.583 bits per heavy atom. The van der Waals surface area contributed by atoms with Crippen molar-refractivity contribution < 1.29 is 40.5 Å². The molecule has 0 bridgehead atoms. The third kappa shape index (κ3) is 14.2. The van der Waals surface area contributed by atoms with Gasteiger partial charge in [-0.2, -0.15) is 0 Å². The number of rotatable bonds is 25. The number of aliphatic hydroxyl groups excluding tert-OH is 6. The van der Waals surface area contributed by atoms with Crippen LogP contribution in [0.25, 0.3) is 0 Å². The summed E-state index contributed by atoms with van der Waals surface area (Å²) in [6, 6.07) is 0. The number of hydrogen-bond donors (Lipinski definition) is 7. The van der Waals surface area contributed by atoms with Crippen LogP contribution in [0.1, 0.15) is 117 Å². The third-order valence-corrected chi connectivity index (χ3v) is 7.63. The first-order valence-electron chi connectivity index (χ1n) is 14.4. The Labute approximate surface area is 218 Å². The average Bonchev–Trinajstić information content (AvgIpc) is 2.87. The highest BCUT2D eigenvalue weighted by Crippen LogP contribution is 2.35. The summed E-state index contributed by atoms with van der Waals surface area (Å²) < 4.78 is 0. The monoisotopic (exact) mass is 520 g/mol. The maximum atomic E-state index is 12.0. The van der Waals surface area contributed by atoms with Gasteiger partial charge in [-0.15, -0.1) is 0 Å². The van der Waals surface area contributed by atoms with E-state index in [4.69, 9.17) is 0 Å². The second kappa shape index (κ2) is 22.2. The Morgan fingerprint density at radius 2 is 0.972 bits per heavy atom. The Hall–Kier alpha value is -0.770. The van der Waals surface area contributed by atoms with Crippen molar-refractivity contribution in [1.29, 1.82) is 0 Å².